The average molecular weight is 335 g/mol. The van der Waals surface area contributed by atoms with Crippen LogP contribution in [0, 0.1) is 0 Å². The van der Waals surface area contributed by atoms with Gasteiger partial charge in [0.1, 0.15) is 0 Å². The lowest BCUT2D eigenvalue weighted by molar-refractivity contribution is 0.432. The van der Waals surface area contributed by atoms with Gasteiger partial charge in [0.15, 0.2) is 0 Å². The largest absolute Gasteiger partial charge is 0.334 e. The zero-order valence-electron chi connectivity index (χ0n) is 14.5. The second-order valence-corrected chi connectivity index (χ2v) is 6.92. The summed E-state index contributed by atoms with van der Waals surface area (Å²) in [5.74, 6) is 1.25. The highest BCUT2D eigenvalue weighted by atomic mass is 16.5. The van der Waals surface area contributed by atoms with Crippen molar-refractivity contribution in [3.05, 3.63) is 57.5 Å². The molecule has 0 spiro atoms. The van der Waals surface area contributed by atoms with Crippen LogP contribution in [0.25, 0.3) is 22.8 Å². The monoisotopic (exact) mass is 335 g/mol. The van der Waals surface area contributed by atoms with Gasteiger partial charge in [-0.25, -0.2) is 0 Å². The highest BCUT2D eigenvalue weighted by Crippen LogP contribution is 2.25. The molecule has 0 bridgehead atoms. The van der Waals surface area contributed by atoms with E-state index in [0.717, 1.165) is 36.9 Å². The molecule has 128 valence electrons. The number of rotatable bonds is 3. The molecule has 25 heavy (non-hydrogen) atoms. The van der Waals surface area contributed by atoms with E-state index in [1.807, 2.05) is 18.2 Å². The molecule has 3 aromatic rings. The van der Waals surface area contributed by atoms with Gasteiger partial charge in [-0.3, -0.25) is 4.79 Å². The molecule has 0 aliphatic heterocycles. The minimum atomic E-state index is -0.150. The summed E-state index contributed by atoms with van der Waals surface area (Å²) in [6.07, 6.45) is 4.20. The molecule has 0 amide bonds. The van der Waals surface area contributed by atoms with E-state index >= 15 is 0 Å². The van der Waals surface area contributed by atoms with Gasteiger partial charge in [-0.15, -0.1) is 0 Å². The molecule has 2 aromatic heterocycles. The second kappa shape index (κ2) is 6.31. The highest BCUT2D eigenvalue weighted by molar-refractivity contribution is 5.60. The molecule has 4 rings (SSSR count). The number of aryl methyl sites for hydroxylation is 2. The molecule has 1 aromatic carbocycles. The summed E-state index contributed by atoms with van der Waals surface area (Å²) < 4.78 is 5.39. The van der Waals surface area contributed by atoms with Crippen LogP contribution in [0.4, 0.5) is 0 Å². The first-order valence-corrected chi connectivity index (χ1v) is 8.81. The first kappa shape index (κ1) is 15.8. The summed E-state index contributed by atoms with van der Waals surface area (Å²) in [6.45, 7) is 4.31. The summed E-state index contributed by atoms with van der Waals surface area (Å²) in [7, 11) is 0. The summed E-state index contributed by atoms with van der Waals surface area (Å²) in [5.41, 5.74) is 4.69. The molecule has 2 heterocycles. The van der Waals surface area contributed by atoms with Crippen molar-refractivity contribution < 1.29 is 4.52 Å². The van der Waals surface area contributed by atoms with Crippen molar-refractivity contribution in [1.29, 1.82) is 0 Å². The highest BCUT2D eigenvalue weighted by Gasteiger charge is 2.18. The molecule has 1 N–H and O–H groups in total. The molecular formula is C20H21N3O2. The first-order valence-electron chi connectivity index (χ1n) is 8.81. The molecule has 0 saturated heterocycles. The molecule has 1 aliphatic carbocycles. The molecule has 5 heteroatoms. The second-order valence-electron chi connectivity index (χ2n) is 6.92. The van der Waals surface area contributed by atoms with Crippen molar-refractivity contribution in [2.45, 2.75) is 45.4 Å². The van der Waals surface area contributed by atoms with Gasteiger partial charge in [0, 0.05) is 11.3 Å². The molecular weight excluding hydrogens is 314 g/mol. The van der Waals surface area contributed by atoms with Crippen LogP contribution < -0.4 is 5.56 Å². The van der Waals surface area contributed by atoms with Crippen LogP contribution in [0.2, 0.25) is 0 Å². The third kappa shape index (κ3) is 3.02. The van der Waals surface area contributed by atoms with Crippen LogP contribution in [0.5, 0.6) is 0 Å². The van der Waals surface area contributed by atoms with Crippen LogP contribution in [0.15, 0.2) is 39.6 Å². The van der Waals surface area contributed by atoms with E-state index < -0.39 is 0 Å². The fourth-order valence-electron chi connectivity index (χ4n) is 3.30. The van der Waals surface area contributed by atoms with Crippen LogP contribution >= 0.6 is 0 Å². The van der Waals surface area contributed by atoms with Gasteiger partial charge < -0.3 is 9.51 Å². The zero-order chi connectivity index (χ0) is 17.4. The Morgan fingerprint density at radius 3 is 2.64 bits per heavy atom. The number of hydrogen-bond donors (Lipinski definition) is 1. The maximum Gasteiger partial charge on any atom is 0.259 e. The molecule has 0 atom stereocenters. The number of H-pyrrole nitrogens is 1. The van der Waals surface area contributed by atoms with Crippen molar-refractivity contribution in [1.82, 2.24) is 15.1 Å². The maximum absolute atomic E-state index is 12.4. The Kier molecular flexibility index (Phi) is 3.99. The number of aromatic amines is 1. The lowest BCUT2D eigenvalue weighted by Crippen LogP contribution is -2.17. The zero-order valence-corrected chi connectivity index (χ0v) is 14.5. The number of pyridine rings is 1. The number of nitrogens with one attached hydrogen (secondary N) is 1. The average Bonchev–Trinajstić information content (AvgIpc) is 3.11. The predicted molar refractivity (Wildman–Crippen MR) is 96.5 cm³/mol. The van der Waals surface area contributed by atoms with Crippen molar-refractivity contribution in [3.63, 3.8) is 0 Å². The fraction of sp³-hybridized carbons (Fsp3) is 0.350. The third-order valence-corrected chi connectivity index (χ3v) is 4.83. The molecule has 1 aliphatic rings. The Morgan fingerprint density at radius 2 is 1.88 bits per heavy atom. The summed E-state index contributed by atoms with van der Waals surface area (Å²) in [6, 6.07) is 10.0. The molecule has 0 saturated carbocycles. The van der Waals surface area contributed by atoms with Crippen LogP contribution in [-0.2, 0) is 12.8 Å². The van der Waals surface area contributed by atoms with Crippen LogP contribution in [-0.4, -0.2) is 15.1 Å². The van der Waals surface area contributed by atoms with Crippen molar-refractivity contribution in [3.8, 4) is 22.8 Å². The molecule has 0 unspecified atom stereocenters. The van der Waals surface area contributed by atoms with Crippen molar-refractivity contribution in [2.75, 3.05) is 0 Å². The minimum absolute atomic E-state index is 0.150. The van der Waals surface area contributed by atoms with Gasteiger partial charge in [0.2, 0.25) is 5.82 Å². The Morgan fingerprint density at radius 1 is 1.12 bits per heavy atom. The molecule has 5 nitrogen and oxygen atoms in total. The van der Waals surface area contributed by atoms with Crippen molar-refractivity contribution >= 4 is 0 Å². The number of nitrogens with zero attached hydrogens (tertiary/aromatic N) is 2. The fourth-order valence-corrected chi connectivity index (χ4v) is 3.30. The van der Waals surface area contributed by atoms with Gasteiger partial charge in [-0.2, -0.15) is 4.98 Å². The maximum atomic E-state index is 12.4. The Hall–Kier alpha value is -2.69. The third-order valence-electron chi connectivity index (χ3n) is 4.83. The van der Waals surface area contributed by atoms with E-state index in [1.54, 1.807) is 0 Å². The van der Waals surface area contributed by atoms with Gasteiger partial charge in [0.25, 0.3) is 11.4 Å². The Labute approximate surface area is 146 Å². The molecule has 0 radical (unpaired) electrons. The standard InChI is InChI=1S/C20H21N3O2/c1-12(2)13-7-9-14(10-8-13)20-22-18(23-25-20)16-11-15-5-3-4-6-17(15)21-19(16)24/h7-12H,3-6H2,1-2H3,(H,21,24). The normalized spacial score (nSPS) is 13.9. The van der Waals surface area contributed by atoms with E-state index in [2.05, 4.69) is 41.1 Å². The van der Waals surface area contributed by atoms with E-state index in [9.17, 15) is 4.79 Å². The van der Waals surface area contributed by atoms with Gasteiger partial charge in [-0.05, 0) is 60.9 Å². The first-order chi connectivity index (χ1) is 12.1. The Bertz CT molecular complexity index is 952. The van der Waals surface area contributed by atoms with Gasteiger partial charge >= 0.3 is 0 Å². The lowest BCUT2D eigenvalue weighted by Gasteiger charge is -2.15. The van der Waals surface area contributed by atoms with Crippen LogP contribution in [0.3, 0.4) is 0 Å². The number of fused-ring (bicyclic) bond motifs is 1. The number of aromatic nitrogens is 3. The van der Waals surface area contributed by atoms with Gasteiger partial charge in [0.05, 0.1) is 5.56 Å². The summed E-state index contributed by atoms with van der Waals surface area (Å²) >= 11 is 0. The SMILES string of the molecule is CC(C)c1ccc(-c2nc(-c3cc4c([nH]c3=O)CCCC4)no2)cc1. The van der Waals surface area contributed by atoms with E-state index in [4.69, 9.17) is 4.52 Å². The number of hydrogen-bond acceptors (Lipinski definition) is 4. The van der Waals surface area contributed by atoms with E-state index in [1.165, 1.54) is 11.1 Å². The van der Waals surface area contributed by atoms with Gasteiger partial charge in [-0.1, -0.05) is 31.1 Å². The van der Waals surface area contributed by atoms with E-state index in [0.29, 0.717) is 23.2 Å². The lowest BCUT2D eigenvalue weighted by atomic mass is 9.95. The minimum Gasteiger partial charge on any atom is -0.334 e. The summed E-state index contributed by atoms with van der Waals surface area (Å²) in [5, 5.41) is 4.02. The van der Waals surface area contributed by atoms with Crippen LogP contribution in [0.1, 0.15) is 49.4 Å². The quantitative estimate of drug-likeness (QED) is 0.782. The Balaban J connectivity index is 1.68. The topological polar surface area (TPSA) is 71.8 Å². The smallest absolute Gasteiger partial charge is 0.259 e. The van der Waals surface area contributed by atoms with E-state index in [-0.39, 0.29) is 5.56 Å². The molecule has 0 fully saturated rings. The number of benzene rings is 1. The predicted octanol–water partition coefficient (Wildman–Crippen LogP) is 4.09. The summed E-state index contributed by atoms with van der Waals surface area (Å²) in [4.78, 5) is 19.8. The van der Waals surface area contributed by atoms with Crippen molar-refractivity contribution in [2.24, 2.45) is 0 Å².